The summed E-state index contributed by atoms with van der Waals surface area (Å²) < 4.78 is 12.6. The molecule has 0 saturated carbocycles. The maximum Gasteiger partial charge on any atom is 0.164 e. The van der Waals surface area contributed by atoms with Crippen LogP contribution < -0.4 is 0 Å². The molecule has 1 N–H and O–H groups in total. The Morgan fingerprint density at radius 1 is 1.42 bits per heavy atom. The zero-order chi connectivity index (χ0) is 8.97. The van der Waals surface area contributed by atoms with Crippen molar-refractivity contribution in [2.45, 2.75) is 12.8 Å². The first-order chi connectivity index (χ1) is 5.74. The fraction of sp³-hybridized carbons (Fsp3) is 0.333. The summed E-state index contributed by atoms with van der Waals surface area (Å²) in [7, 11) is 0. The average molecular weight is 233 g/mol. The molecule has 3 heteroatoms. The summed E-state index contributed by atoms with van der Waals surface area (Å²) in [5, 5.41) is 9.93. The number of hydrogen-bond donors (Lipinski definition) is 1. The summed E-state index contributed by atoms with van der Waals surface area (Å²) in [6, 6.07) is 4.45. The van der Waals surface area contributed by atoms with E-state index in [1.807, 2.05) is 0 Å². The SMILES string of the molecule is Oc1cc(CCCBr)ccc1F. The summed E-state index contributed by atoms with van der Waals surface area (Å²) in [5.74, 6) is -0.820. The van der Waals surface area contributed by atoms with Gasteiger partial charge in [0.2, 0.25) is 0 Å². The molecular formula is C9H10BrFO. The van der Waals surface area contributed by atoms with Crippen molar-refractivity contribution in [3.63, 3.8) is 0 Å². The largest absolute Gasteiger partial charge is 0.505 e. The van der Waals surface area contributed by atoms with Crippen LogP contribution in [0.5, 0.6) is 5.75 Å². The summed E-state index contributed by atoms with van der Waals surface area (Å²) >= 11 is 3.30. The highest BCUT2D eigenvalue weighted by atomic mass is 79.9. The minimum Gasteiger partial charge on any atom is -0.505 e. The average Bonchev–Trinajstić information content (AvgIpc) is 2.07. The smallest absolute Gasteiger partial charge is 0.164 e. The highest BCUT2D eigenvalue weighted by molar-refractivity contribution is 9.09. The molecule has 0 amide bonds. The summed E-state index contributed by atoms with van der Waals surface area (Å²) in [6.07, 6.45) is 1.85. The molecule has 0 aromatic heterocycles. The third kappa shape index (κ3) is 2.48. The van der Waals surface area contributed by atoms with E-state index >= 15 is 0 Å². The zero-order valence-electron chi connectivity index (χ0n) is 6.56. The molecule has 0 fully saturated rings. The van der Waals surface area contributed by atoms with Gasteiger partial charge in [-0.2, -0.15) is 0 Å². The fourth-order valence-electron chi connectivity index (χ4n) is 0.985. The molecule has 0 aliphatic rings. The van der Waals surface area contributed by atoms with Crippen molar-refractivity contribution in [3.8, 4) is 5.75 Å². The number of aryl methyl sites for hydroxylation is 1. The van der Waals surface area contributed by atoms with Crippen LogP contribution in [0.4, 0.5) is 4.39 Å². The van der Waals surface area contributed by atoms with Gasteiger partial charge in [0.1, 0.15) is 0 Å². The van der Waals surface area contributed by atoms with E-state index in [0.717, 1.165) is 23.7 Å². The van der Waals surface area contributed by atoms with E-state index in [1.165, 1.54) is 12.1 Å². The molecule has 1 aromatic carbocycles. The Morgan fingerprint density at radius 3 is 2.75 bits per heavy atom. The summed E-state index contributed by atoms with van der Waals surface area (Å²) in [6.45, 7) is 0. The molecule has 1 aromatic rings. The van der Waals surface area contributed by atoms with Gasteiger partial charge in [0.05, 0.1) is 0 Å². The molecule has 66 valence electrons. The molecule has 0 bridgehead atoms. The Balaban J connectivity index is 2.69. The van der Waals surface area contributed by atoms with Crippen LogP contribution >= 0.6 is 15.9 Å². The molecule has 1 nitrogen and oxygen atoms in total. The minimum absolute atomic E-state index is 0.262. The number of rotatable bonds is 3. The molecule has 1 rings (SSSR count). The quantitative estimate of drug-likeness (QED) is 0.796. The number of hydrogen-bond acceptors (Lipinski definition) is 1. The standard InChI is InChI=1S/C9H10BrFO/c10-5-1-2-7-3-4-8(11)9(12)6-7/h3-4,6,12H,1-2,5H2. The lowest BCUT2D eigenvalue weighted by atomic mass is 10.1. The Bertz CT molecular complexity index is 263. The van der Waals surface area contributed by atoms with Crippen molar-refractivity contribution >= 4 is 15.9 Å². The van der Waals surface area contributed by atoms with Crippen LogP contribution in [0.1, 0.15) is 12.0 Å². The number of aromatic hydroxyl groups is 1. The first-order valence-corrected chi connectivity index (χ1v) is 4.89. The van der Waals surface area contributed by atoms with Gasteiger partial charge in [-0.25, -0.2) is 4.39 Å². The van der Waals surface area contributed by atoms with Crippen LogP contribution in [0.25, 0.3) is 0 Å². The number of phenols is 1. The Kier molecular flexibility index (Phi) is 3.53. The maximum absolute atomic E-state index is 12.6. The molecule has 0 unspecified atom stereocenters. The predicted octanol–water partition coefficient (Wildman–Crippen LogP) is 2.86. The van der Waals surface area contributed by atoms with Crippen molar-refractivity contribution in [3.05, 3.63) is 29.6 Å². The first-order valence-electron chi connectivity index (χ1n) is 3.77. The molecule has 0 aliphatic heterocycles. The molecule has 12 heavy (non-hydrogen) atoms. The van der Waals surface area contributed by atoms with Crippen molar-refractivity contribution in [2.24, 2.45) is 0 Å². The molecule has 0 radical (unpaired) electrons. The van der Waals surface area contributed by atoms with E-state index in [0.29, 0.717) is 0 Å². The van der Waals surface area contributed by atoms with Gasteiger partial charge in [-0.15, -0.1) is 0 Å². The van der Waals surface area contributed by atoms with Crippen LogP contribution in [0.3, 0.4) is 0 Å². The fourth-order valence-corrected chi connectivity index (χ4v) is 1.27. The second-order valence-electron chi connectivity index (χ2n) is 2.58. The number of benzene rings is 1. The van der Waals surface area contributed by atoms with Gasteiger partial charge >= 0.3 is 0 Å². The van der Waals surface area contributed by atoms with Gasteiger partial charge in [0.25, 0.3) is 0 Å². The minimum atomic E-state index is -0.558. The Hall–Kier alpha value is -0.570. The maximum atomic E-state index is 12.6. The van der Waals surface area contributed by atoms with Crippen molar-refractivity contribution in [1.29, 1.82) is 0 Å². The first kappa shape index (κ1) is 9.52. The van der Waals surface area contributed by atoms with Gasteiger partial charge in [-0.1, -0.05) is 22.0 Å². The lowest BCUT2D eigenvalue weighted by Crippen LogP contribution is -1.86. The highest BCUT2D eigenvalue weighted by Gasteiger charge is 2.00. The van der Waals surface area contributed by atoms with E-state index in [1.54, 1.807) is 6.07 Å². The van der Waals surface area contributed by atoms with E-state index in [2.05, 4.69) is 15.9 Å². The molecule has 0 atom stereocenters. The third-order valence-electron chi connectivity index (χ3n) is 1.61. The third-order valence-corrected chi connectivity index (χ3v) is 2.17. The monoisotopic (exact) mass is 232 g/mol. The van der Waals surface area contributed by atoms with Crippen LogP contribution in [-0.4, -0.2) is 10.4 Å². The predicted molar refractivity (Wildman–Crippen MR) is 50.2 cm³/mol. The van der Waals surface area contributed by atoms with Gasteiger partial charge in [-0.3, -0.25) is 0 Å². The molecule has 0 saturated heterocycles. The van der Waals surface area contributed by atoms with Crippen LogP contribution in [-0.2, 0) is 6.42 Å². The highest BCUT2D eigenvalue weighted by Crippen LogP contribution is 2.17. The normalized spacial score (nSPS) is 10.2. The Labute approximate surface area is 79.4 Å². The van der Waals surface area contributed by atoms with E-state index < -0.39 is 5.82 Å². The second kappa shape index (κ2) is 4.45. The summed E-state index contributed by atoms with van der Waals surface area (Å²) in [4.78, 5) is 0. The van der Waals surface area contributed by atoms with Crippen molar-refractivity contribution < 1.29 is 9.50 Å². The van der Waals surface area contributed by atoms with Crippen LogP contribution in [0.15, 0.2) is 18.2 Å². The molecular weight excluding hydrogens is 223 g/mol. The number of halogens is 2. The second-order valence-corrected chi connectivity index (χ2v) is 3.37. The van der Waals surface area contributed by atoms with E-state index in [9.17, 15) is 4.39 Å². The zero-order valence-corrected chi connectivity index (χ0v) is 8.14. The van der Waals surface area contributed by atoms with Gasteiger partial charge < -0.3 is 5.11 Å². The van der Waals surface area contributed by atoms with Gasteiger partial charge in [-0.05, 0) is 30.5 Å². The lowest BCUT2D eigenvalue weighted by molar-refractivity contribution is 0.431. The van der Waals surface area contributed by atoms with Crippen LogP contribution in [0.2, 0.25) is 0 Å². The van der Waals surface area contributed by atoms with Crippen molar-refractivity contribution in [1.82, 2.24) is 0 Å². The molecule has 0 aliphatic carbocycles. The van der Waals surface area contributed by atoms with E-state index in [4.69, 9.17) is 5.11 Å². The molecule has 0 heterocycles. The lowest BCUT2D eigenvalue weighted by Gasteiger charge is -2.00. The summed E-state index contributed by atoms with van der Waals surface area (Å²) in [5.41, 5.74) is 0.966. The molecule has 0 spiro atoms. The number of alkyl halides is 1. The Morgan fingerprint density at radius 2 is 2.17 bits per heavy atom. The van der Waals surface area contributed by atoms with Crippen molar-refractivity contribution in [2.75, 3.05) is 5.33 Å². The number of phenolic OH excluding ortho intramolecular Hbond substituents is 1. The topological polar surface area (TPSA) is 20.2 Å². The van der Waals surface area contributed by atoms with Gasteiger partial charge in [0, 0.05) is 5.33 Å². The van der Waals surface area contributed by atoms with Gasteiger partial charge in [0.15, 0.2) is 11.6 Å². The van der Waals surface area contributed by atoms with Crippen LogP contribution in [0, 0.1) is 5.82 Å². The van der Waals surface area contributed by atoms with E-state index in [-0.39, 0.29) is 5.75 Å².